The Labute approximate surface area is 115 Å². The van der Waals surface area contributed by atoms with Gasteiger partial charge >= 0.3 is 0 Å². The maximum atomic E-state index is 11.8. The van der Waals surface area contributed by atoms with Gasteiger partial charge in [-0.15, -0.1) is 0 Å². The molecule has 6 heteroatoms. The van der Waals surface area contributed by atoms with Gasteiger partial charge in [0.2, 0.25) is 0 Å². The molecule has 2 rings (SSSR count). The number of hydrogen-bond donors (Lipinski definition) is 3. The van der Waals surface area contributed by atoms with E-state index in [0.717, 1.165) is 18.7 Å². The maximum absolute atomic E-state index is 11.8. The van der Waals surface area contributed by atoms with Crippen LogP contribution in [0.2, 0.25) is 0 Å². The van der Waals surface area contributed by atoms with Crippen LogP contribution in [0.1, 0.15) is 37.5 Å². The Morgan fingerprint density at radius 3 is 2.58 bits per heavy atom. The summed E-state index contributed by atoms with van der Waals surface area (Å²) in [6.45, 7) is 7.50. The molecule has 0 spiro atoms. The van der Waals surface area contributed by atoms with Gasteiger partial charge in [-0.25, -0.2) is 0 Å². The van der Waals surface area contributed by atoms with E-state index in [-0.39, 0.29) is 0 Å². The monoisotopic (exact) mass is 283 g/mol. The quantitative estimate of drug-likeness (QED) is 0.772. The zero-order valence-electron chi connectivity index (χ0n) is 11.6. The van der Waals surface area contributed by atoms with Gasteiger partial charge in [-0.2, -0.15) is 17.9 Å². The van der Waals surface area contributed by atoms with Gasteiger partial charge in [0.1, 0.15) is 0 Å². The summed E-state index contributed by atoms with van der Waals surface area (Å²) >= 11 is 0. The van der Waals surface area contributed by atoms with Gasteiger partial charge in [0.05, 0.1) is 0 Å². The highest BCUT2D eigenvalue weighted by Gasteiger charge is 2.19. The van der Waals surface area contributed by atoms with E-state index in [1.54, 1.807) is 0 Å². The summed E-state index contributed by atoms with van der Waals surface area (Å²) in [7, 11) is -3.47. The molecule has 0 atom stereocenters. The summed E-state index contributed by atoms with van der Waals surface area (Å²) in [6, 6.07) is 6.07. The van der Waals surface area contributed by atoms with Crippen LogP contribution in [-0.2, 0) is 29.8 Å². The molecule has 106 valence electrons. The first-order valence-electron chi connectivity index (χ1n) is 6.35. The highest BCUT2D eigenvalue weighted by atomic mass is 32.2. The predicted octanol–water partition coefficient (Wildman–Crippen LogP) is 1.01. The van der Waals surface area contributed by atoms with Crippen molar-refractivity contribution in [2.45, 2.75) is 45.9 Å². The summed E-state index contributed by atoms with van der Waals surface area (Å²) in [5.74, 6) is 0. The van der Waals surface area contributed by atoms with Crippen molar-refractivity contribution in [2.75, 3.05) is 0 Å². The lowest BCUT2D eigenvalue weighted by molar-refractivity contribution is 0.483. The molecule has 19 heavy (non-hydrogen) atoms. The molecule has 0 fully saturated rings. The number of rotatable bonds is 4. The Hall–Kier alpha value is -0.950. The molecule has 0 saturated carbocycles. The standard InChI is InChI=1S/C13H21N3O2S/c1-13(2,3)16-19(17,18)15-7-10-4-5-11-8-14-9-12(11)6-10/h4-6,14-16H,7-9H2,1-3H3. The Kier molecular flexibility index (Phi) is 3.96. The van der Waals surface area contributed by atoms with Gasteiger partial charge < -0.3 is 5.32 Å². The van der Waals surface area contributed by atoms with Crippen LogP contribution < -0.4 is 14.8 Å². The molecular weight excluding hydrogens is 262 g/mol. The highest BCUT2D eigenvalue weighted by Crippen LogP contribution is 2.17. The molecule has 0 radical (unpaired) electrons. The number of nitrogens with one attached hydrogen (secondary N) is 3. The minimum absolute atomic E-state index is 0.304. The van der Waals surface area contributed by atoms with Crippen LogP contribution in [0.3, 0.4) is 0 Å². The van der Waals surface area contributed by atoms with E-state index < -0.39 is 15.7 Å². The van der Waals surface area contributed by atoms with Crippen LogP contribution in [0.15, 0.2) is 18.2 Å². The number of hydrogen-bond acceptors (Lipinski definition) is 3. The zero-order valence-corrected chi connectivity index (χ0v) is 12.4. The SMILES string of the molecule is CC(C)(C)NS(=O)(=O)NCc1ccc2c(c1)CNC2. The van der Waals surface area contributed by atoms with Crippen LogP contribution in [0, 0.1) is 0 Å². The van der Waals surface area contributed by atoms with E-state index in [1.807, 2.05) is 26.8 Å². The molecule has 3 N–H and O–H groups in total. The van der Waals surface area contributed by atoms with Gasteiger partial charge in [-0.05, 0) is 37.5 Å². The summed E-state index contributed by atoms with van der Waals surface area (Å²) < 4.78 is 28.8. The Morgan fingerprint density at radius 2 is 1.89 bits per heavy atom. The lowest BCUT2D eigenvalue weighted by atomic mass is 10.1. The van der Waals surface area contributed by atoms with Crippen molar-refractivity contribution in [1.29, 1.82) is 0 Å². The summed E-state index contributed by atoms with van der Waals surface area (Å²) in [4.78, 5) is 0. The fourth-order valence-electron chi connectivity index (χ4n) is 2.08. The minimum atomic E-state index is -3.47. The molecule has 0 unspecified atom stereocenters. The lowest BCUT2D eigenvalue weighted by Gasteiger charge is -2.20. The molecule has 0 aromatic heterocycles. The van der Waals surface area contributed by atoms with Gasteiger partial charge in [0, 0.05) is 25.2 Å². The normalized spacial score (nSPS) is 15.5. The van der Waals surface area contributed by atoms with Crippen molar-refractivity contribution in [2.24, 2.45) is 0 Å². The highest BCUT2D eigenvalue weighted by molar-refractivity contribution is 7.87. The Bertz CT molecular complexity index is 562. The van der Waals surface area contributed by atoms with Crippen LogP contribution in [0.4, 0.5) is 0 Å². The van der Waals surface area contributed by atoms with Gasteiger partial charge in [-0.1, -0.05) is 18.2 Å². The van der Waals surface area contributed by atoms with Gasteiger partial charge in [0.15, 0.2) is 0 Å². The van der Waals surface area contributed by atoms with E-state index in [2.05, 4.69) is 26.9 Å². The first kappa shape index (κ1) is 14.5. The molecule has 1 heterocycles. The average molecular weight is 283 g/mol. The first-order chi connectivity index (χ1) is 8.75. The largest absolute Gasteiger partial charge is 0.309 e. The zero-order chi connectivity index (χ0) is 14.1. The first-order valence-corrected chi connectivity index (χ1v) is 7.83. The predicted molar refractivity (Wildman–Crippen MR) is 75.6 cm³/mol. The average Bonchev–Trinajstić information content (AvgIpc) is 2.70. The maximum Gasteiger partial charge on any atom is 0.277 e. The van der Waals surface area contributed by atoms with E-state index in [0.29, 0.717) is 6.54 Å². The molecule has 0 saturated heterocycles. The number of fused-ring (bicyclic) bond motifs is 1. The molecule has 1 aromatic carbocycles. The van der Waals surface area contributed by atoms with E-state index in [1.165, 1.54) is 11.1 Å². The van der Waals surface area contributed by atoms with Gasteiger partial charge in [-0.3, -0.25) is 0 Å². The Morgan fingerprint density at radius 1 is 1.21 bits per heavy atom. The van der Waals surface area contributed by atoms with Crippen LogP contribution in [0.25, 0.3) is 0 Å². The summed E-state index contributed by atoms with van der Waals surface area (Å²) in [6.07, 6.45) is 0. The fraction of sp³-hybridized carbons (Fsp3) is 0.538. The van der Waals surface area contributed by atoms with Crippen molar-refractivity contribution < 1.29 is 8.42 Å². The summed E-state index contributed by atoms with van der Waals surface area (Å²) in [5, 5.41) is 3.27. The van der Waals surface area contributed by atoms with Crippen LogP contribution >= 0.6 is 0 Å². The fourth-order valence-corrected chi connectivity index (χ4v) is 3.31. The molecule has 0 amide bonds. The van der Waals surface area contributed by atoms with Gasteiger partial charge in [0.25, 0.3) is 10.2 Å². The third-order valence-corrected chi connectivity index (χ3v) is 4.21. The summed E-state index contributed by atoms with van der Waals surface area (Å²) in [5.41, 5.74) is 3.04. The van der Waals surface area contributed by atoms with Crippen molar-refractivity contribution in [3.8, 4) is 0 Å². The second-order valence-corrected chi connectivity index (χ2v) is 7.38. The van der Waals surface area contributed by atoms with E-state index in [9.17, 15) is 8.42 Å². The lowest BCUT2D eigenvalue weighted by Crippen LogP contribution is -2.46. The molecule has 0 aliphatic carbocycles. The molecule has 1 aromatic rings. The molecule has 0 bridgehead atoms. The minimum Gasteiger partial charge on any atom is -0.309 e. The molecule has 5 nitrogen and oxygen atoms in total. The van der Waals surface area contributed by atoms with Crippen molar-refractivity contribution >= 4 is 10.2 Å². The van der Waals surface area contributed by atoms with Crippen molar-refractivity contribution in [1.82, 2.24) is 14.8 Å². The van der Waals surface area contributed by atoms with Crippen LogP contribution in [0.5, 0.6) is 0 Å². The second-order valence-electron chi connectivity index (χ2n) is 5.88. The van der Waals surface area contributed by atoms with Crippen LogP contribution in [-0.4, -0.2) is 14.0 Å². The third-order valence-electron chi connectivity index (χ3n) is 2.81. The second kappa shape index (κ2) is 5.20. The smallest absolute Gasteiger partial charge is 0.277 e. The topological polar surface area (TPSA) is 70.2 Å². The van der Waals surface area contributed by atoms with Crippen molar-refractivity contribution in [3.05, 3.63) is 34.9 Å². The molecule has 1 aliphatic heterocycles. The van der Waals surface area contributed by atoms with E-state index >= 15 is 0 Å². The van der Waals surface area contributed by atoms with Crippen molar-refractivity contribution in [3.63, 3.8) is 0 Å². The molecule has 1 aliphatic rings. The molecular formula is C13H21N3O2S. The number of benzene rings is 1. The van der Waals surface area contributed by atoms with E-state index in [4.69, 9.17) is 0 Å². The Balaban J connectivity index is 1.99. The third kappa shape index (κ3) is 4.28.